The van der Waals surface area contributed by atoms with Crippen molar-refractivity contribution in [2.75, 3.05) is 6.54 Å². The second kappa shape index (κ2) is 10.9. The lowest BCUT2D eigenvalue weighted by Crippen LogP contribution is -2.46. The van der Waals surface area contributed by atoms with E-state index in [9.17, 15) is 14.4 Å². The number of carbonyl (C=O) groups is 3. The van der Waals surface area contributed by atoms with E-state index in [-0.39, 0.29) is 12.5 Å². The molecular formula is C26H25N5O3S. The van der Waals surface area contributed by atoms with Crippen LogP contribution in [0, 0.1) is 13.8 Å². The van der Waals surface area contributed by atoms with E-state index < -0.39 is 11.8 Å². The molecule has 4 aromatic rings. The Balaban J connectivity index is 1.21. The first-order valence-corrected chi connectivity index (χ1v) is 12.0. The number of thioether (sulfide) groups is 1. The highest BCUT2D eigenvalue weighted by molar-refractivity contribution is 7.98. The van der Waals surface area contributed by atoms with E-state index in [0.717, 1.165) is 32.9 Å². The Hall–Kier alpha value is -4.11. The third-order valence-corrected chi connectivity index (χ3v) is 6.40. The molecule has 0 aliphatic rings. The Labute approximate surface area is 206 Å². The zero-order valence-corrected chi connectivity index (χ0v) is 20.2. The van der Waals surface area contributed by atoms with E-state index in [1.54, 1.807) is 36.0 Å². The van der Waals surface area contributed by atoms with Crippen LogP contribution in [0.1, 0.15) is 37.4 Å². The van der Waals surface area contributed by atoms with Gasteiger partial charge in [0.05, 0.1) is 17.6 Å². The molecular weight excluding hydrogens is 462 g/mol. The van der Waals surface area contributed by atoms with Gasteiger partial charge in [-0.05, 0) is 66.9 Å². The van der Waals surface area contributed by atoms with Gasteiger partial charge < -0.3 is 10.3 Å². The highest BCUT2D eigenvalue weighted by Gasteiger charge is 2.11. The van der Waals surface area contributed by atoms with Gasteiger partial charge in [-0.1, -0.05) is 42.1 Å². The SMILES string of the molecule is Cc1ccc(C(=O)NCC(=O)NNC(=O)c2ccc(CSc3nc4ccccc4[nH]3)cc2)cc1C. The number of nitrogens with zero attached hydrogens (tertiary/aromatic N) is 1. The van der Waals surface area contributed by atoms with Crippen LogP contribution >= 0.6 is 11.8 Å². The van der Waals surface area contributed by atoms with Crippen molar-refractivity contribution >= 4 is 40.5 Å². The van der Waals surface area contributed by atoms with Gasteiger partial charge in [-0.25, -0.2) is 4.98 Å². The predicted octanol–water partition coefficient (Wildman–Crippen LogP) is 3.66. The van der Waals surface area contributed by atoms with Crippen molar-refractivity contribution in [3.63, 3.8) is 0 Å². The molecule has 0 aliphatic heterocycles. The van der Waals surface area contributed by atoms with Crippen LogP contribution in [0.25, 0.3) is 11.0 Å². The number of aromatic nitrogens is 2. The fourth-order valence-electron chi connectivity index (χ4n) is 3.29. The molecule has 0 unspecified atom stereocenters. The number of imidazole rings is 1. The molecule has 0 spiro atoms. The van der Waals surface area contributed by atoms with Gasteiger partial charge >= 0.3 is 0 Å². The maximum atomic E-state index is 12.3. The topological polar surface area (TPSA) is 116 Å². The van der Waals surface area contributed by atoms with E-state index in [1.807, 2.05) is 56.3 Å². The van der Waals surface area contributed by atoms with Gasteiger partial charge in [-0.15, -0.1) is 0 Å². The van der Waals surface area contributed by atoms with Crippen LogP contribution in [0.4, 0.5) is 0 Å². The zero-order valence-electron chi connectivity index (χ0n) is 19.3. The Morgan fingerprint density at radius 2 is 1.60 bits per heavy atom. The average molecular weight is 488 g/mol. The number of rotatable bonds is 7. The molecule has 8 nitrogen and oxygen atoms in total. The second-order valence-electron chi connectivity index (χ2n) is 8.03. The number of hydrazine groups is 1. The first kappa shape index (κ1) is 24.0. The Morgan fingerprint density at radius 1 is 0.857 bits per heavy atom. The molecule has 0 aliphatic carbocycles. The fraction of sp³-hybridized carbons (Fsp3) is 0.154. The number of nitrogens with one attached hydrogen (secondary N) is 4. The van der Waals surface area contributed by atoms with E-state index in [4.69, 9.17) is 0 Å². The molecule has 1 heterocycles. The number of benzene rings is 3. The molecule has 0 atom stereocenters. The first-order chi connectivity index (χ1) is 16.9. The number of aryl methyl sites for hydroxylation is 2. The van der Waals surface area contributed by atoms with E-state index in [0.29, 0.717) is 16.9 Å². The first-order valence-electron chi connectivity index (χ1n) is 11.0. The molecule has 3 aromatic carbocycles. The Kier molecular flexibility index (Phi) is 7.47. The van der Waals surface area contributed by atoms with Crippen LogP contribution in [0.2, 0.25) is 0 Å². The van der Waals surface area contributed by atoms with E-state index in [1.165, 1.54) is 0 Å². The number of hydrogen-bond acceptors (Lipinski definition) is 5. The third-order valence-electron chi connectivity index (χ3n) is 5.45. The summed E-state index contributed by atoms with van der Waals surface area (Å²) >= 11 is 1.58. The number of H-pyrrole nitrogens is 1. The van der Waals surface area contributed by atoms with Crippen LogP contribution in [0.5, 0.6) is 0 Å². The molecule has 9 heteroatoms. The number of hydrogen-bond donors (Lipinski definition) is 4. The summed E-state index contributed by atoms with van der Waals surface area (Å²) in [5.41, 5.74) is 10.6. The molecule has 4 rings (SSSR count). The van der Waals surface area contributed by atoms with Crippen LogP contribution in [-0.2, 0) is 10.5 Å². The molecule has 0 saturated carbocycles. The number of fused-ring (bicyclic) bond motifs is 1. The Bertz CT molecular complexity index is 1350. The van der Waals surface area contributed by atoms with Gasteiger partial charge in [0.15, 0.2) is 5.16 Å². The van der Waals surface area contributed by atoms with Gasteiger partial charge in [0.25, 0.3) is 17.7 Å². The molecule has 4 N–H and O–H groups in total. The second-order valence-corrected chi connectivity index (χ2v) is 8.99. The molecule has 0 bridgehead atoms. The number of amides is 3. The normalized spacial score (nSPS) is 10.7. The van der Waals surface area contributed by atoms with Gasteiger partial charge in [-0.2, -0.15) is 0 Å². The number of para-hydroxylation sites is 2. The van der Waals surface area contributed by atoms with Crippen LogP contribution in [0.3, 0.4) is 0 Å². The third kappa shape index (κ3) is 6.27. The lowest BCUT2D eigenvalue weighted by Gasteiger charge is -2.09. The predicted molar refractivity (Wildman–Crippen MR) is 136 cm³/mol. The maximum Gasteiger partial charge on any atom is 0.269 e. The number of carbonyl (C=O) groups excluding carboxylic acids is 3. The van der Waals surface area contributed by atoms with E-state index >= 15 is 0 Å². The molecule has 1 aromatic heterocycles. The van der Waals surface area contributed by atoms with Crippen molar-refractivity contribution in [3.05, 3.63) is 94.5 Å². The fourth-order valence-corrected chi connectivity index (χ4v) is 4.13. The van der Waals surface area contributed by atoms with Crippen molar-refractivity contribution in [1.29, 1.82) is 0 Å². The summed E-state index contributed by atoms with van der Waals surface area (Å²) in [5.74, 6) is -0.644. The van der Waals surface area contributed by atoms with Gasteiger partial charge in [-0.3, -0.25) is 25.2 Å². The van der Waals surface area contributed by atoms with Crippen LogP contribution in [-0.4, -0.2) is 34.2 Å². The maximum absolute atomic E-state index is 12.3. The summed E-state index contributed by atoms with van der Waals surface area (Å²) in [5, 5.41) is 3.37. The largest absolute Gasteiger partial charge is 0.343 e. The monoisotopic (exact) mass is 487 g/mol. The van der Waals surface area contributed by atoms with Gasteiger partial charge in [0.2, 0.25) is 0 Å². The minimum atomic E-state index is -0.533. The highest BCUT2D eigenvalue weighted by atomic mass is 32.2. The van der Waals surface area contributed by atoms with Crippen molar-refractivity contribution in [2.24, 2.45) is 0 Å². The minimum Gasteiger partial charge on any atom is -0.343 e. The van der Waals surface area contributed by atoms with Crippen LogP contribution < -0.4 is 16.2 Å². The Morgan fingerprint density at radius 3 is 2.34 bits per heavy atom. The van der Waals surface area contributed by atoms with Gasteiger partial charge in [0, 0.05) is 16.9 Å². The summed E-state index contributed by atoms with van der Waals surface area (Å²) in [6, 6.07) is 20.3. The van der Waals surface area contributed by atoms with Crippen molar-refractivity contribution in [1.82, 2.24) is 26.1 Å². The molecule has 35 heavy (non-hydrogen) atoms. The van der Waals surface area contributed by atoms with Crippen molar-refractivity contribution < 1.29 is 14.4 Å². The smallest absolute Gasteiger partial charge is 0.269 e. The zero-order chi connectivity index (χ0) is 24.8. The standard InChI is InChI=1S/C26H25N5O3S/c1-16-7-10-20(13-17(16)2)24(33)27-14-23(32)30-31-25(34)19-11-8-18(9-12-19)15-35-26-28-21-5-3-4-6-22(21)29-26/h3-13H,14-15H2,1-2H3,(H,27,33)(H,28,29)(H,30,32)(H,31,34). The minimum absolute atomic E-state index is 0.260. The molecule has 0 fully saturated rings. The molecule has 0 saturated heterocycles. The average Bonchev–Trinajstić information content (AvgIpc) is 3.29. The summed E-state index contributed by atoms with van der Waals surface area (Å²) in [6.45, 7) is 3.62. The molecule has 3 amide bonds. The van der Waals surface area contributed by atoms with Crippen LogP contribution in [0.15, 0.2) is 71.9 Å². The summed E-state index contributed by atoms with van der Waals surface area (Å²) in [6.07, 6.45) is 0. The van der Waals surface area contributed by atoms with Gasteiger partial charge in [0.1, 0.15) is 0 Å². The summed E-state index contributed by atoms with van der Waals surface area (Å²) in [7, 11) is 0. The quantitative estimate of drug-likeness (QED) is 0.235. The highest BCUT2D eigenvalue weighted by Crippen LogP contribution is 2.23. The van der Waals surface area contributed by atoms with E-state index in [2.05, 4.69) is 26.1 Å². The van der Waals surface area contributed by atoms with Crippen molar-refractivity contribution in [3.8, 4) is 0 Å². The molecule has 0 radical (unpaired) electrons. The lowest BCUT2D eigenvalue weighted by atomic mass is 10.1. The molecule has 178 valence electrons. The van der Waals surface area contributed by atoms with Crippen molar-refractivity contribution in [2.45, 2.75) is 24.8 Å². The summed E-state index contributed by atoms with van der Waals surface area (Å²) < 4.78 is 0. The summed E-state index contributed by atoms with van der Waals surface area (Å²) in [4.78, 5) is 44.4. The lowest BCUT2D eigenvalue weighted by molar-refractivity contribution is -0.120. The number of aromatic amines is 1.